The number of rotatable bonds is 5. The second-order valence-electron chi connectivity index (χ2n) is 6.65. The Bertz CT molecular complexity index is 660. The maximum Gasteiger partial charge on any atom is 0.228 e. The topological polar surface area (TPSA) is 59.2 Å². The number of hydrogen-bond donors (Lipinski definition) is 1. The van der Waals surface area contributed by atoms with Crippen molar-refractivity contribution in [3.05, 3.63) is 52.0 Å². The first kappa shape index (κ1) is 17.1. The van der Waals surface area contributed by atoms with Gasteiger partial charge in [0.15, 0.2) is 0 Å². The molecule has 1 aromatic carbocycles. The quantitative estimate of drug-likeness (QED) is 0.908. The highest BCUT2D eigenvalue weighted by atomic mass is 32.1. The summed E-state index contributed by atoms with van der Waals surface area (Å²) < 4.78 is 0. The molecule has 3 rings (SSSR count). The van der Waals surface area contributed by atoms with Crippen LogP contribution in [0.2, 0.25) is 0 Å². The summed E-state index contributed by atoms with van der Waals surface area (Å²) >= 11 is 1.64. The Morgan fingerprint density at radius 2 is 2.04 bits per heavy atom. The molecule has 2 N–H and O–H groups in total. The van der Waals surface area contributed by atoms with Gasteiger partial charge in [-0.3, -0.25) is 4.79 Å². The van der Waals surface area contributed by atoms with Crippen molar-refractivity contribution in [2.45, 2.75) is 38.6 Å². The number of piperidine rings is 1. The van der Waals surface area contributed by atoms with Gasteiger partial charge in [-0.2, -0.15) is 0 Å². The minimum Gasteiger partial charge on any atom is -0.342 e. The Morgan fingerprint density at radius 3 is 2.71 bits per heavy atom. The van der Waals surface area contributed by atoms with E-state index >= 15 is 0 Å². The standard InChI is InChI=1S/C19H25N3OS/c1-14(20)16-7-9-22(10-8-16)19(23)12-17-13-24-18(21-17)11-15-5-3-2-4-6-15/h2-6,13-14,16H,7-12,20H2,1H3. The third kappa shape index (κ3) is 4.42. The Balaban J connectivity index is 1.52. The van der Waals surface area contributed by atoms with Crippen LogP contribution in [0.3, 0.4) is 0 Å². The van der Waals surface area contributed by atoms with E-state index < -0.39 is 0 Å². The number of hydrogen-bond acceptors (Lipinski definition) is 4. The van der Waals surface area contributed by atoms with Gasteiger partial charge in [-0.15, -0.1) is 11.3 Å². The van der Waals surface area contributed by atoms with Crippen LogP contribution in [0.15, 0.2) is 35.7 Å². The minimum absolute atomic E-state index is 0.190. The molecule has 1 aliphatic rings. The molecule has 1 aromatic heterocycles. The van der Waals surface area contributed by atoms with E-state index in [-0.39, 0.29) is 11.9 Å². The lowest BCUT2D eigenvalue weighted by Crippen LogP contribution is -2.43. The molecule has 1 atom stereocenters. The van der Waals surface area contributed by atoms with Crippen molar-refractivity contribution in [2.75, 3.05) is 13.1 Å². The van der Waals surface area contributed by atoms with Crippen molar-refractivity contribution in [1.82, 2.24) is 9.88 Å². The molecular formula is C19H25N3OS. The molecule has 0 bridgehead atoms. The van der Waals surface area contributed by atoms with Crippen molar-refractivity contribution in [1.29, 1.82) is 0 Å². The molecule has 2 heterocycles. The predicted molar refractivity (Wildman–Crippen MR) is 98.0 cm³/mol. The van der Waals surface area contributed by atoms with E-state index in [4.69, 9.17) is 5.73 Å². The summed E-state index contributed by atoms with van der Waals surface area (Å²) in [7, 11) is 0. The second kappa shape index (κ2) is 7.90. The number of thiazole rings is 1. The van der Waals surface area contributed by atoms with Crippen LogP contribution in [0.25, 0.3) is 0 Å². The number of amides is 1. The number of aromatic nitrogens is 1. The SMILES string of the molecule is CC(N)C1CCN(C(=O)Cc2csc(Cc3ccccc3)n2)CC1. The van der Waals surface area contributed by atoms with Gasteiger partial charge in [0, 0.05) is 30.9 Å². The van der Waals surface area contributed by atoms with Crippen molar-refractivity contribution in [2.24, 2.45) is 11.7 Å². The first-order chi connectivity index (χ1) is 11.6. The molecule has 128 valence electrons. The van der Waals surface area contributed by atoms with Gasteiger partial charge in [0.05, 0.1) is 17.1 Å². The van der Waals surface area contributed by atoms with Crippen LogP contribution in [-0.4, -0.2) is 34.9 Å². The summed E-state index contributed by atoms with van der Waals surface area (Å²) in [6.45, 7) is 3.71. The van der Waals surface area contributed by atoms with E-state index in [1.165, 1.54) is 5.56 Å². The normalized spacial score (nSPS) is 17.0. The number of carbonyl (C=O) groups is 1. The van der Waals surface area contributed by atoms with Gasteiger partial charge in [0.25, 0.3) is 0 Å². The highest BCUT2D eigenvalue weighted by Crippen LogP contribution is 2.21. The van der Waals surface area contributed by atoms with Gasteiger partial charge in [0.2, 0.25) is 5.91 Å². The number of benzene rings is 1. The molecule has 1 fully saturated rings. The summed E-state index contributed by atoms with van der Waals surface area (Å²) in [5.74, 6) is 0.737. The largest absolute Gasteiger partial charge is 0.342 e. The monoisotopic (exact) mass is 343 g/mol. The highest BCUT2D eigenvalue weighted by Gasteiger charge is 2.25. The molecule has 0 saturated carbocycles. The Hall–Kier alpha value is -1.72. The summed E-state index contributed by atoms with van der Waals surface area (Å²) in [5.41, 5.74) is 8.11. The van der Waals surface area contributed by atoms with E-state index in [0.29, 0.717) is 12.3 Å². The molecule has 0 radical (unpaired) electrons. The van der Waals surface area contributed by atoms with Crippen LogP contribution in [0.5, 0.6) is 0 Å². The van der Waals surface area contributed by atoms with E-state index in [0.717, 1.165) is 43.1 Å². The minimum atomic E-state index is 0.190. The Morgan fingerprint density at radius 1 is 1.33 bits per heavy atom. The van der Waals surface area contributed by atoms with Crippen molar-refractivity contribution in [3.8, 4) is 0 Å². The fraction of sp³-hybridized carbons (Fsp3) is 0.474. The molecule has 1 amide bonds. The lowest BCUT2D eigenvalue weighted by atomic mass is 9.91. The highest BCUT2D eigenvalue weighted by molar-refractivity contribution is 7.09. The predicted octanol–water partition coefficient (Wildman–Crippen LogP) is 2.86. The van der Waals surface area contributed by atoms with Crippen LogP contribution in [0.1, 0.15) is 36.0 Å². The van der Waals surface area contributed by atoms with Crippen molar-refractivity contribution in [3.63, 3.8) is 0 Å². The Kier molecular flexibility index (Phi) is 5.63. The fourth-order valence-electron chi connectivity index (χ4n) is 3.22. The van der Waals surface area contributed by atoms with Crippen LogP contribution in [-0.2, 0) is 17.6 Å². The summed E-state index contributed by atoms with van der Waals surface area (Å²) in [5, 5.41) is 3.09. The number of nitrogens with zero attached hydrogens (tertiary/aromatic N) is 2. The van der Waals surface area contributed by atoms with Gasteiger partial charge in [-0.1, -0.05) is 30.3 Å². The van der Waals surface area contributed by atoms with Gasteiger partial charge >= 0.3 is 0 Å². The molecule has 0 spiro atoms. The average molecular weight is 343 g/mol. The zero-order valence-corrected chi connectivity index (χ0v) is 15.0. The first-order valence-corrected chi connectivity index (χ1v) is 9.50. The molecule has 24 heavy (non-hydrogen) atoms. The second-order valence-corrected chi connectivity index (χ2v) is 7.59. The third-order valence-electron chi connectivity index (χ3n) is 4.77. The van der Waals surface area contributed by atoms with Crippen LogP contribution >= 0.6 is 11.3 Å². The van der Waals surface area contributed by atoms with Crippen molar-refractivity contribution < 1.29 is 4.79 Å². The molecule has 1 saturated heterocycles. The molecule has 1 aliphatic heterocycles. The maximum absolute atomic E-state index is 12.5. The van der Waals surface area contributed by atoms with Gasteiger partial charge in [-0.25, -0.2) is 4.98 Å². The summed E-state index contributed by atoms with van der Waals surface area (Å²) in [4.78, 5) is 19.1. The summed E-state index contributed by atoms with van der Waals surface area (Å²) in [6.07, 6.45) is 3.27. The number of likely N-dealkylation sites (tertiary alicyclic amines) is 1. The van der Waals surface area contributed by atoms with Gasteiger partial charge < -0.3 is 10.6 Å². The van der Waals surface area contributed by atoms with E-state index in [9.17, 15) is 4.79 Å². The molecule has 2 aromatic rings. The zero-order chi connectivity index (χ0) is 16.9. The fourth-order valence-corrected chi connectivity index (χ4v) is 4.05. The molecule has 4 nitrogen and oxygen atoms in total. The van der Waals surface area contributed by atoms with Gasteiger partial charge in [0.1, 0.15) is 0 Å². The van der Waals surface area contributed by atoms with Crippen molar-refractivity contribution >= 4 is 17.2 Å². The maximum atomic E-state index is 12.5. The molecule has 5 heteroatoms. The number of nitrogens with two attached hydrogens (primary N) is 1. The average Bonchev–Trinajstić information content (AvgIpc) is 3.02. The van der Waals surface area contributed by atoms with E-state index in [1.54, 1.807) is 11.3 Å². The van der Waals surface area contributed by atoms with Gasteiger partial charge in [-0.05, 0) is 31.2 Å². The molecule has 0 aliphatic carbocycles. The van der Waals surface area contributed by atoms with E-state index in [2.05, 4.69) is 24.0 Å². The van der Waals surface area contributed by atoms with E-state index in [1.807, 2.05) is 28.5 Å². The third-order valence-corrected chi connectivity index (χ3v) is 5.66. The summed E-state index contributed by atoms with van der Waals surface area (Å²) in [6, 6.07) is 10.5. The molecule has 1 unspecified atom stereocenters. The lowest BCUT2D eigenvalue weighted by molar-refractivity contribution is -0.132. The number of carbonyl (C=O) groups excluding carboxylic acids is 1. The zero-order valence-electron chi connectivity index (χ0n) is 14.1. The Labute approximate surface area is 147 Å². The van der Waals surface area contributed by atoms with Crippen LogP contribution < -0.4 is 5.73 Å². The van der Waals surface area contributed by atoms with Crippen LogP contribution in [0.4, 0.5) is 0 Å². The lowest BCUT2D eigenvalue weighted by Gasteiger charge is -2.33. The smallest absolute Gasteiger partial charge is 0.228 e. The first-order valence-electron chi connectivity index (χ1n) is 8.62. The van der Waals surface area contributed by atoms with Crippen LogP contribution in [0, 0.1) is 5.92 Å². The molecular weight excluding hydrogens is 318 g/mol.